The first-order chi connectivity index (χ1) is 9.31. The normalized spacial score (nSPS) is 10.6. The van der Waals surface area contributed by atoms with Crippen molar-refractivity contribution in [1.29, 1.82) is 5.26 Å². The maximum Gasteiger partial charge on any atom is 0.407 e. The van der Waals surface area contributed by atoms with Crippen LogP contribution in [-0.4, -0.2) is 24.8 Å². The largest absolute Gasteiger partial charge is 0.444 e. The van der Waals surface area contributed by atoms with E-state index in [9.17, 15) is 4.79 Å². The number of anilines is 1. The van der Waals surface area contributed by atoms with E-state index in [-0.39, 0.29) is 0 Å². The van der Waals surface area contributed by atoms with Crippen LogP contribution in [0.25, 0.3) is 0 Å². The fraction of sp³-hybridized carbons (Fsp3) is 0.429. The number of amides is 1. The second-order valence-electron chi connectivity index (χ2n) is 5.16. The molecule has 2 N–H and O–H groups in total. The number of nitriles is 1. The summed E-state index contributed by atoms with van der Waals surface area (Å²) in [5.74, 6) is 0. The number of ether oxygens (including phenoxy) is 1. The molecule has 0 heterocycles. The molecule has 0 aliphatic heterocycles. The number of hydrogen-bond acceptors (Lipinski definition) is 4. The van der Waals surface area contributed by atoms with E-state index in [0.29, 0.717) is 29.4 Å². The van der Waals surface area contributed by atoms with E-state index in [1.807, 2.05) is 6.07 Å². The molecule has 0 aliphatic rings. The molecule has 0 fully saturated rings. The minimum Gasteiger partial charge on any atom is -0.444 e. The summed E-state index contributed by atoms with van der Waals surface area (Å²) in [4.78, 5) is 11.4. The maximum absolute atomic E-state index is 11.4. The second-order valence-corrected chi connectivity index (χ2v) is 5.57. The molecular weight excluding hydrogens is 278 g/mol. The van der Waals surface area contributed by atoms with Gasteiger partial charge in [0.05, 0.1) is 22.3 Å². The second kappa shape index (κ2) is 7.01. The van der Waals surface area contributed by atoms with Gasteiger partial charge in [-0.05, 0) is 39.0 Å². The summed E-state index contributed by atoms with van der Waals surface area (Å²) in [6.07, 6.45) is -0.462. The van der Waals surface area contributed by atoms with Gasteiger partial charge in [0.1, 0.15) is 5.60 Å². The van der Waals surface area contributed by atoms with E-state index < -0.39 is 11.7 Å². The van der Waals surface area contributed by atoms with Crippen LogP contribution in [0.1, 0.15) is 26.3 Å². The third-order valence-electron chi connectivity index (χ3n) is 2.20. The average Bonchev–Trinajstić information content (AvgIpc) is 2.34. The molecule has 0 aliphatic carbocycles. The summed E-state index contributed by atoms with van der Waals surface area (Å²) >= 11 is 6.00. The molecular formula is C14H18ClN3O2. The van der Waals surface area contributed by atoms with Crippen molar-refractivity contribution >= 4 is 23.4 Å². The van der Waals surface area contributed by atoms with E-state index in [1.165, 1.54) is 0 Å². The predicted octanol–water partition coefficient (Wildman–Crippen LogP) is 3.15. The highest BCUT2D eigenvalue weighted by Gasteiger charge is 2.15. The van der Waals surface area contributed by atoms with Crippen molar-refractivity contribution in [3.8, 4) is 6.07 Å². The number of rotatable bonds is 4. The number of halogens is 1. The van der Waals surface area contributed by atoms with E-state index in [2.05, 4.69) is 10.6 Å². The Morgan fingerprint density at radius 3 is 2.70 bits per heavy atom. The van der Waals surface area contributed by atoms with Gasteiger partial charge in [0.15, 0.2) is 0 Å². The Labute approximate surface area is 123 Å². The van der Waals surface area contributed by atoms with Crippen LogP contribution in [0.5, 0.6) is 0 Å². The summed E-state index contributed by atoms with van der Waals surface area (Å²) in [5, 5.41) is 15.0. The standard InChI is InChI=1S/C14H18ClN3O2/c1-14(2,3)20-13(19)18-7-6-17-12-8-10(9-16)4-5-11(12)15/h4-5,8,17H,6-7H2,1-3H3,(H,18,19). The number of alkyl carbamates (subject to hydrolysis) is 1. The van der Waals surface area contributed by atoms with Gasteiger partial charge in [-0.25, -0.2) is 4.79 Å². The molecule has 6 heteroatoms. The summed E-state index contributed by atoms with van der Waals surface area (Å²) in [5.41, 5.74) is 0.677. The van der Waals surface area contributed by atoms with Crippen LogP contribution in [0.3, 0.4) is 0 Å². The van der Waals surface area contributed by atoms with Gasteiger partial charge in [0.25, 0.3) is 0 Å². The third-order valence-corrected chi connectivity index (χ3v) is 2.53. The molecule has 1 rings (SSSR count). The molecule has 108 valence electrons. The Morgan fingerprint density at radius 2 is 2.10 bits per heavy atom. The van der Waals surface area contributed by atoms with Crippen LogP contribution in [0.15, 0.2) is 18.2 Å². The quantitative estimate of drug-likeness (QED) is 0.837. The van der Waals surface area contributed by atoms with Crippen LogP contribution in [-0.2, 0) is 4.74 Å². The van der Waals surface area contributed by atoms with Crippen molar-refractivity contribution < 1.29 is 9.53 Å². The minimum absolute atomic E-state index is 0.391. The first-order valence-electron chi connectivity index (χ1n) is 6.22. The number of nitrogens with zero attached hydrogens (tertiary/aromatic N) is 1. The average molecular weight is 296 g/mol. The van der Waals surface area contributed by atoms with E-state index in [4.69, 9.17) is 21.6 Å². The van der Waals surface area contributed by atoms with Crippen LogP contribution >= 0.6 is 11.6 Å². The number of hydrogen-bond donors (Lipinski definition) is 2. The first-order valence-corrected chi connectivity index (χ1v) is 6.60. The Kier molecular flexibility index (Phi) is 5.66. The number of carbonyl (C=O) groups is 1. The zero-order valence-corrected chi connectivity index (χ0v) is 12.5. The molecule has 1 aromatic carbocycles. The summed E-state index contributed by atoms with van der Waals surface area (Å²) in [6.45, 7) is 6.28. The van der Waals surface area contributed by atoms with Gasteiger partial charge in [-0.1, -0.05) is 11.6 Å². The molecule has 0 saturated carbocycles. The SMILES string of the molecule is CC(C)(C)OC(=O)NCCNc1cc(C#N)ccc1Cl. The van der Waals surface area contributed by atoms with Crippen LogP contribution in [0, 0.1) is 11.3 Å². The molecule has 5 nitrogen and oxygen atoms in total. The fourth-order valence-corrected chi connectivity index (χ4v) is 1.59. The molecule has 0 unspecified atom stereocenters. The van der Waals surface area contributed by atoms with Crippen molar-refractivity contribution in [2.45, 2.75) is 26.4 Å². The zero-order valence-electron chi connectivity index (χ0n) is 11.8. The minimum atomic E-state index is -0.512. The Balaban J connectivity index is 2.38. The van der Waals surface area contributed by atoms with Gasteiger partial charge < -0.3 is 15.4 Å². The number of benzene rings is 1. The lowest BCUT2D eigenvalue weighted by Gasteiger charge is -2.19. The smallest absolute Gasteiger partial charge is 0.407 e. The lowest BCUT2D eigenvalue weighted by atomic mass is 10.2. The topological polar surface area (TPSA) is 74.2 Å². The monoisotopic (exact) mass is 295 g/mol. The van der Waals surface area contributed by atoms with Gasteiger partial charge in [-0.15, -0.1) is 0 Å². The van der Waals surface area contributed by atoms with Crippen molar-refractivity contribution in [2.75, 3.05) is 18.4 Å². The molecule has 0 aromatic heterocycles. The third kappa shape index (κ3) is 5.81. The van der Waals surface area contributed by atoms with Crippen molar-refractivity contribution in [3.05, 3.63) is 28.8 Å². The van der Waals surface area contributed by atoms with Gasteiger partial charge >= 0.3 is 6.09 Å². The molecule has 0 radical (unpaired) electrons. The Bertz CT molecular complexity index is 518. The van der Waals surface area contributed by atoms with Gasteiger partial charge in [-0.2, -0.15) is 5.26 Å². The summed E-state index contributed by atoms with van der Waals surface area (Å²) < 4.78 is 5.10. The summed E-state index contributed by atoms with van der Waals surface area (Å²) in [7, 11) is 0. The van der Waals surface area contributed by atoms with Gasteiger partial charge in [-0.3, -0.25) is 0 Å². The molecule has 20 heavy (non-hydrogen) atoms. The van der Waals surface area contributed by atoms with E-state index in [1.54, 1.807) is 39.0 Å². The molecule has 1 aromatic rings. The highest BCUT2D eigenvalue weighted by Crippen LogP contribution is 2.22. The van der Waals surface area contributed by atoms with Crippen LogP contribution in [0.2, 0.25) is 5.02 Å². The predicted molar refractivity (Wildman–Crippen MR) is 78.9 cm³/mol. The van der Waals surface area contributed by atoms with Crippen molar-refractivity contribution in [2.24, 2.45) is 0 Å². The fourth-order valence-electron chi connectivity index (χ4n) is 1.41. The highest BCUT2D eigenvalue weighted by atomic mass is 35.5. The first kappa shape index (κ1) is 16.1. The van der Waals surface area contributed by atoms with Crippen LogP contribution < -0.4 is 10.6 Å². The molecule has 0 spiro atoms. The lowest BCUT2D eigenvalue weighted by molar-refractivity contribution is 0.0530. The number of carbonyl (C=O) groups excluding carboxylic acids is 1. The van der Waals surface area contributed by atoms with E-state index >= 15 is 0 Å². The molecule has 0 atom stereocenters. The number of nitrogens with one attached hydrogen (secondary N) is 2. The maximum atomic E-state index is 11.4. The van der Waals surface area contributed by atoms with Crippen molar-refractivity contribution in [1.82, 2.24) is 5.32 Å². The zero-order chi connectivity index (χ0) is 15.2. The molecule has 1 amide bonds. The van der Waals surface area contributed by atoms with Crippen LogP contribution in [0.4, 0.5) is 10.5 Å². The Hall–Kier alpha value is -1.93. The van der Waals surface area contributed by atoms with Crippen molar-refractivity contribution in [3.63, 3.8) is 0 Å². The Morgan fingerprint density at radius 1 is 1.40 bits per heavy atom. The lowest BCUT2D eigenvalue weighted by Crippen LogP contribution is -2.35. The molecule has 0 bridgehead atoms. The van der Waals surface area contributed by atoms with E-state index in [0.717, 1.165) is 0 Å². The van der Waals surface area contributed by atoms with Gasteiger partial charge in [0.2, 0.25) is 0 Å². The van der Waals surface area contributed by atoms with Gasteiger partial charge in [0, 0.05) is 13.1 Å². The highest BCUT2D eigenvalue weighted by molar-refractivity contribution is 6.33. The summed E-state index contributed by atoms with van der Waals surface area (Å²) in [6, 6.07) is 7.00. The molecule has 0 saturated heterocycles.